The van der Waals surface area contributed by atoms with Crippen LogP contribution in [-0.4, -0.2) is 29.0 Å². The van der Waals surface area contributed by atoms with E-state index < -0.39 is 0 Å². The van der Waals surface area contributed by atoms with Gasteiger partial charge in [0.25, 0.3) is 5.91 Å². The van der Waals surface area contributed by atoms with E-state index in [1.54, 1.807) is 61.0 Å². The lowest BCUT2D eigenvalue weighted by Crippen LogP contribution is -2.30. The fourth-order valence-electron chi connectivity index (χ4n) is 3.37. The van der Waals surface area contributed by atoms with Gasteiger partial charge in [0.2, 0.25) is 5.91 Å². The van der Waals surface area contributed by atoms with Crippen molar-refractivity contribution in [1.29, 1.82) is 0 Å². The third kappa shape index (κ3) is 4.61. The van der Waals surface area contributed by atoms with Crippen molar-refractivity contribution in [3.63, 3.8) is 0 Å². The molecule has 1 aliphatic rings. The number of carbonyl (C=O) groups excluding carboxylic acids is 2. The van der Waals surface area contributed by atoms with Gasteiger partial charge in [-0.15, -0.1) is 11.3 Å². The monoisotopic (exact) mass is 498 g/mol. The van der Waals surface area contributed by atoms with Crippen LogP contribution in [0.4, 0.5) is 16.5 Å². The Balaban J connectivity index is 1.61. The van der Waals surface area contributed by atoms with Crippen LogP contribution in [0.3, 0.4) is 0 Å². The highest BCUT2D eigenvalue weighted by atomic mass is 35.5. The summed E-state index contributed by atoms with van der Waals surface area (Å²) < 4.78 is 5.18. The third-order valence-corrected chi connectivity index (χ3v) is 6.28. The number of nitrogens with one attached hydrogen (secondary N) is 1. The Labute approximate surface area is 205 Å². The first-order valence-electron chi connectivity index (χ1n) is 9.82. The fourth-order valence-corrected chi connectivity index (χ4v) is 4.74. The highest BCUT2D eigenvalue weighted by Gasteiger charge is 2.33. The lowest BCUT2D eigenvalue weighted by atomic mass is 10.2. The number of aromatic nitrogens is 1. The van der Waals surface area contributed by atoms with E-state index in [2.05, 4.69) is 10.3 Å². The van der Waals surface area contributed by atoms with Crippen molar-refractivity contribution in [3.8, 4) is 5.75 Å². The molecule has 1 aromatic heterocycles. The average Bonchev–Trinajstić information content (AvgIpc) is 3.33. The van der Waals surface area contributed by atoms with Gasteiger partial charge in [-0.1, -0.05) is 11.6 Å². The molecule has 33 heavy (non-hydrogen) atoms. The van der Waals surface area contributed by atoms with Gasteiger partial charge in [-0.25, -0.2) is 4.98 Å². The summed E-state index contributed by atoms with van der Waals surface area (Å²) in [5, 5.41) is 6.07. The van der Waals surface area contributed by atoms with Crippen LogP contribution in [0, 0.1) is 6.92 Å². The number of anilines is 3. The number of aryl methyl sites for hydroxylation is 1. The summed E-state index contributed by atoms with van der Waals surface area (Å²) in [5.74, 6) is 0.210. The summed E-state index contributed by atoms with van der Waals surface area (Å²) in [4.78, 5) is 32.9. The van der Waals surface area contributed by atoms with E-state index in [-0.39, 0.29) is 16.9 Å². The number of nitrogens with zero attached hydrogens (tertiary/aromatic N) is 3. The molecule has 0 radical (unpaired) electrons. The zero-order valence-corrected chi connectivity index (χ0v) is 20.3. The molecule has 1 saturated heterocycles. The van der Waals surface area contributed by atoms with Crippen molar-refractivity contribution in [1.82, 2.24) is 10.3 Å². The maximum absolute atomic E-state index is 13.1. The van der Waals surface area contributed by atoms with Gasteiger partial charge in [-0.2, -0.15) is 0 Å². The van der Waals surface area contributed by atoms with E-state index in [4.69, 9.17) is 28.6 Å². The Hall–Kier alpha value is -3.27. The number of hydrogen-bond donors (Lipinski definition) is 1. The van der Waals surface area contributed by atoms with Crippen LogP contribution < -0.4 is 19.9 Å². The second-order valence-electron chi connectivity index (χ2n) is 7.17. The number of amides is 2. The van der Waals surface area contributed by atoms with Crippen molar-refractivity contribution in [2.45, 2.75) is 13.8 Å². The quantitative estimate of drug-likeness (QED) is 0.391. The first-order valence-corrected chi connectivity index (χ1v) is 11.5. The molecule has 0 bridgehead atoms. The lowest BCUT2D eigenvalue weighted by molar-refractivity contribution is -0.116. The van der Waals surface area contributed by atoms with Gasteiger partial charge in [-0.05, 0) is 73.2 Å². The minimum Gasteiger partial charge on any atom is -0.497 e. The van der Waals surface area contributed by atoms with Gasteiger partial charge in [0.15, 0.2) is 10.2 Å². The third-order valence-electron chi connectivity index (χ3n) is 4.92. The second-order valence-corrected chi connectivity index (χ2v) is 8.83. The molecule has 0 atom stereocenters. The lowest BCUT2D eigenvalue weighted by Gasteiger charge is -2.18. The molecule has 2 amide bonds. The van der Waals surface area contributed by atoms with Crippen LogP contribution in [0.25, 0.3) is 6.08 Å². The zero-order chi connectivity index (χ0) is 23.7. The maximum Gasteiger partial charge on any atom is 0.281 e. The van der Waals surface area contributed by atoms with E-state index in [1.807, 2.05) is 6.92 Å². The van der Waals surface area contributed by atoms with E-state index in [0.717, 1.165) is 5.56 Å². The van der Waals surface area contributed by atoms with Crippen LogP contribution in [0.1, 0.15) is 18.2 Å². The summed E-state index contributed by atoms with van der Waals surface area (Å²) in [6.07, 6.45) is 1.62. The van der Waals surface area contributed by atoms with Gasteiger partial charge in [0.1, 0.15) is 11.4 Å². The van der Waals surface area contributed by atoms with E-state index in [1.165, 1.54) is 28.1 Å². The van der Waals surface area contributed by atoms with Crippen LogP contribution in [-0.2, 0) is 9.59 Å². The predicted octanol–water partition coefficient (Wildman–Crippen LogP) is 5.06. The topological polar surface area (TPSA) is 74.8 Å². The Morgan fingerprint density at radius 2 is 2.00 bits per heavy atom. The molecule has 10 heteroatoms. The first kappa shape index (κ1) is 22.9. The summed E-state index contributed by atoms with van der Waals surface area (Å²) in [6.45, 7) is 3.33. The Kier molecular flexibility index (Phi) is 6.46. The van der Waals surface area contributed by atoms with Gasteiger partial charge in [0.05, 0.1) is 24.2 Å². The van der Waals surface area contributed by atoms with Crippen molar-refractivity contribution in [2.24, 2.45) is 0 Å². The van der Waals surface area contributed by atoms with Crippen molar-refractivity contribution in [2.75, 3.05) is 16.9 Å². The average molecular weight is 499 g/mol. The second kappa shape index (κ2) is 9.30. The minimum absolute atomic E-state index is 0.186. The summed E-state index contributed by atoms with van der Waals surface area (Å²) in [7, 11) is 1.58. The number of halogens is 1. The minimum atomic E-state index is -0.293. The van der Waals surface area contributed by atoms with E-state index in [9.17, 15) is 9.59 Å². The molecule has 0 unspecified atom stereocenters. The molecule has 3 aromatic rings. The zero-order valence-electron chi connectivity index (χ0n) is 18.0. The van der Waals surface area contributed by atoms with Crippen LogP contribution in [0.2, 0.25) is 5.02 Å². The van der Waals surface area contributed by atoms with E-state index >= 15 is 0 Å². The molecule has 1 fully saturated rings. The maximum atomic E-state index is 13.1. The SMILES string of the molecule is COc1ccc(N(C(C)=O)c2nc(/C=C3\NC(=S)N(c4ccc(Cl)cc4C)C3=O)cs2)cc1. The van der Waals surface area contributed by atoms with Gasteiger partial charge < -0.3 is 10.1 Å². The van der Waals surface area contributed by atoms with Crippen LogP contribution >= 0.6 is 35.2 Å². The van der Waals surface area contributed by atoms with Gasteiger partial charge >= 0.3 is 0 Å². The molecule has 0 saturated carbocycles. The van der Waals surface area contributed by atoms with Crippen molar-refractivity contribution < 1.29 is 14.3 Å². The number of thiazole rings is 1. The first-order chi connectivity index (χ1) is 15.8. The fraction of sp³-hybridized carbons (Fsp3) is 0.130. The number of thiocarbonyl (C=S) groups is 1. The molecular weight excluding hydrogens is 480 g/mol. The Morgan fingerprint density at radius 1 is 1.27 bits per heavy atom. The summed E-state index contributed by atoms with van der Waals surface area (Å²) >= 11 is 12.7. The van der Waals surface area contributed by atoms with Crippen LogP contribution in [0.15, 0.2) is 53.5 Å². The van der Waals surface area contributed by atoms with Gasteiger partial charge in [-0.3, -0.25) is 19.4 Å². The molecule has 0 spiro atoms. The largest absolute Gasteiger partial charge is 0.497 e. The number of carbonyl (C=O) groups is 2. The Morgan fingerprint density at radius 3 is 2.64 bits per heavy atom. The highest BCUT2D eigenvalue weighted by Crippen LogP contribution is 2.32. The highest BCUT2D eigenvalue weighted by molar-refractivity contribution is 7.80. The number of rotatable bonds is 5. The molecule has 1 N–H and O–H groups in total. The molecule has 2 heterocycles. The molecule has 2 aromatic carbocycles. The Bertz CT molecular complexity index is 1290. The van der Waals surface area contributed by atoms with E-state index in [0.29, 0.717) is 38.7 Å². The number of hydrogen-bond acceptors (Lipinski definition) is 6. The van der Waals surface area contributed by atoms with Crippen LogP contribution in [0.5, 0.6) is 5.75 Å². The molecule has 1 aliphatic heterocycles. The number of benzene rings is 2. The smallest absolute Gasteiger partial charge is 0.281 e. The molecule has 168 valence electrons. The summed E-state index contributed by atoms with van der Waals surface area (Å²) in [6, 6.07) is 12.4. The predicted molar refractivity (Wildman–Crippen MR) is 135 cm³/mol. The van der Waals surface area contributed by atoms with Gasteiger partial charge in [0, 0.05) is 17.3 Å². The van der Waals surface area contributed by atoms with Crippen molar-refractivity contribution in [3.05, 3.63) is 69.8 Å². The molecule has 4 rings (SSSR count). The van der Waals surface area contributed by atoms with Crippen molar-refractivity contribution >= 4 is 74.7 Å². The molecular formula is C23H19ClN4O3S2. The normalized spacial score (nSPS) is 14.5. The standard InChI is InChI=1S/C23H19ClN4O3S2/c1-13-10-15(24)4-9-20(13)28-21(30)19(26-22(28)32)11-16-12-33-23(25-16)27(14(2)29)17-5-7-18(31-3)8-6-17/h4-12H,1-3H3,(H,26,32)/b19-11-. The number of methoxy groups -OCH3 is 1. The summed E-state index contributed by atoms with van der Waals surface area (Å²) in [5.41, 5.74) is 2.98. The number of ether oxygens (including phenoxy) is 1. The molecule has 7 nitrogen and oxygen atoms in total. The molecule has 0 aliphatic carbocycles.